The molecule has 3 aromatic carbocycles. The summed E-state index contributed by atoms with van der Waals surface area (Å²) in [5.41, 5.74) is 8.83. The van der Waals surface area contributed by atoms with Crippen LogP contribution < -0.4 is 15.2 Å². The van der Waals surface area contributed by atoms with Crippen molar-refractivity contribution < 1.29 is 14.3 Å². The van der Waals surface area contributed by atoms with Crippen LogP contribution in [0.1, 0.15) is 22.6 Å². The lowest BCUT2D eigenvalue weighted by Crippen LogP contribution is -2.21. The third-order valence-corrected chi connectivity index (χ3v) is 5.62. The Balaban J connectivity index is 1.59. The molecule has 1 heterocycles. The van der Waals surface area contributed by atoms with E-state index in [9.17, 15) is 10.1 Å². The van der Waals surface area contributed by atoms with Crippen LogP contribution in [0.15, 0.2) is 88.7 Å². The van der Waals surface area contributed by atoms with Gasteiger partial charge in [-0.25, -0.2) is 4.79 Å². The summed E-state index contributed by atoms with van der Waals surface area (Å²) in [4.78, 5) is 12.2. The molecule has 0 radical (unpaired) electrons. The summed E-state index contributed by atoms with van der Waals surface area (Å²) in [6.07, 6.45) is 2.96. The SMILES string of the molecule is N#CC1=C(N)Oc2cc(OC(=O)/C=C/c3ccc(Cl)cc3)ccc2C1c1cccc(Br)c1. The Morgan fingerprint density at radius 3 is 2.66 bits per heavy atom. The molecule has 0 aliphatic carbocycles. The summed E-state index contributed by atoms with van der Waals surface area (Å²) in [7, 11) is 0. The first kappa shape index (κ1) is 21.7. The fourth-order valence-corrected chi connectivity index (χ4v) is 3.96. The second kappa shape index (κ2) is 9.31. The van der Waals surface area contributed by atoms with Crippen LogP contribution >= 0.6 is 27.5 Å². The molecule has 2 N–H and O–H groups in total. The van der Waals surface area contributed by atoms with E-state index in [1.165, 1.54) is 6.08 Å². The number of carbonyl (C=O) groups excluding carboxylic acids is 1. The summed E-state index contributed by atoms with van der Waals surface area (Å²) in [6, 6.07) is 21.9. The smallest absolute Gasteiger partial charge is 0.336 e. The number of nitrogens with two attached hydrogens (primary N) is 1. The van der Waals surface area contributed by atoms with Gasteiger partial charge in [0.15, 0.2) is 0 Å². The lowest BCUT2D eigenvalue weighted by Gasteiger charge is -2.26. The zero-order valence-electron chi connectivity index (χ0n) is 16.6. The Hall–Kier alpha value is -3.53. The van der Waals surface area contributed by atoms with Gasteiger partial charge in [0.05, 0.1) is 5.92 Å². The second-order valence-electron chi connectivity index (χ2n) is 6.99. The molecule has 7 heteroatoms. The van der Waals surface area contributed by atoms with Crippen LogP contribution in [0.5, 0.6) is 11.5 Å². The molecule has 0 aromatic heterocycles. The topological polar surface area (TPSA) is 85.3 Å². The number of hydrogen-bond donors (Lipinski definition) is 1. The van der Waals surface area contributed by atoms with E-state index in [1.54, 1.807) is 48.5 Å². The molecule has 1 aliphatic heterocycles. The lowest BCUT2D eigenvalue weighted by molar-refractivity contribution is -0.128. The molecule has 1 aliphatic rings. The average Bonchev–Trinajstić information content (AvgIpc) is 2.77. The van der Waals surface area contributed by atoms with E-state index in [0.29, 0.717) is 22.1 Å². The highest BCUT2D eigenvalue weighted by atomic mass is 79.9. The van der Waals surface area contributed by atoms with Gasteiger partial charge in [0.25, 0.3) is 0 Å². The Kier molecular flexibility index (Phi) is 6.31. The fraction of sp³-hybridized carbons (Fsp3) is 0.0400. The number of halogens is 2. The number of fused-ring (bicyclic) bond motifs is 1. The van der Waals surface area contributed by atoms with Crippen molar-refractivity contribution in [2.75, 3.05) is 0 Å². The van der Waals surface area contributed by atoms with Gasteiger partial charge in [-0.05, 0) is 47.5 Å². The molecule has 0 bridgehead atoms. The Morgan fingerprint density at radius 1 is 1.16 bits per heavy atom. The average molecular weight is 508 g/mol. The van der Waals surface area contributed by atoms with E-state index in [1.807, 2.05) is 24.3 Å². The van der Waals surface area contributed by atoms with Gasteiger partial charge in [-0.3, -0.25) is 0 Å². The number of rotatable bonds is 4. The zero-order chi connectivity index (χ0) is 22.7. The highest BCUT2D eigenvalue weighted by molar-refractivity contribution is 9.10. The van der Waals surface area contributed by atoms with Gasteiger partial charge < -0.3 is 15.2 Å². The van der Waals surface area contributed by atoms with Crippen LogP contribution in [0.4, 0.5) is 0 Å². The molecule has 32 heavy (non-hydrogen) atoms. The fourth-order valence-electron chi connectivity index (χ4n) is 3.42. The van der Waals surface area contributed by atoms with Crippen molar-refractivity contribution in [3.05, 3.63) is 110 Å². The van der Waals surface area contributed by atoms with Crippen LogP contribution in [-0.4, -0.2) is 5.97 Å². The number of ether oxygens (including phenoxy) is 2. The molecule has 0 saturated carbocycles. The first-order valence-electron chi connectivity index (χ1n) is 9.57. The molecule has 0 amide bonds. The van der Waals surface area contributed by atoms with Gasteiger partial charge in [-0.1, -0.05) is 57.9 Å². The maximum Gasteiger partial charge on any atom is 0.336 e. The van der Waals surface area contributed by atoms with E-state index in [-0.39, 0.29) is 5.88 Å². The number of hydrogen-bond acceptors (Lipinski definition) is 5. The van der Waals surface area contributed by atoms with Crippen molar-refractivity contribution in [3.63, 3.8) is 0 Å². The molecule has 158 valence electrons. The molecule has 5 nitrogen and oxygen atoms in total. The number of nitrogens with zero attached hydrogens (tertiary/aromatic N) is 1. The molecule has 0 saturated heterocycles. The van der Waals surface area contributed by atoms with Crippen molar-refractivity contribution in [1.29, 1.82) is 5.26 Å². The highest BCUT2D eigenvalue weighted by Gasteiger charge is 2.31. The van der Waals surface area contributed by atoms with E-state index >= 15 is 0 Å². The van der Waals surface area contributed by atoms with Crippen LogP contribution in [0.2, 0.25) is 5.02 Å². The van der Waals surface area contributed by atoms with Crippen LogP contribution in [-0.2, 0) is 4.79 Å². The standard InChI is InChI=1S/C25H16BrClN2O3/c26-17-3-1-2-16(12-17)24-20-10-9-19(13-22(20)32-25(29)21(24)14-28)31-23(30)11-6-15-4-7-18(27)8-5-15/h1-13,24H,29H2/b11-6+. The van der Waals surface area contributed by atoms with E-state index in [4.69, 9.17) is 26.8 Å². The maximum absolute atomic E-state index is 12.2. The van der Waals surface area contributed by atoms with Gasteiger partial charge in [0.1, 0.15) is 23.1 Å². The molecule has 1 atom stereocenters. The van der Waals surface area contributed by atoms with Gasteiger partial charge in [-0.15, -0.1) is 0 Å². The summed E-state index contributed by atoms with van der Waals surface area (Å²) in [5.74, 6) is -0.179. The summed E-state index contributed by atoms with van der Waals surface area (Å²) in [6.45, 7) is 0. The quantitative estimate of drug-likeness (QED) is 0.268. The number of allylic oxidation sites excluding steroid dienone is 1. The molecular formula is C25H16BrClN2O3. The van der Waals surface area contributed by atoms with Crippen LogP contribution in [0, 0.1) is 11.3 Å². The summed E-state index contributed by atoms with van der Waals surface area (Å²) in [5, 5.41) is 10.3. The van der Waals surface area contributed by atoms with E-state index in [0.717, 1.165) is 21.2 Å². The van der Waals surface area contributed by atoms with Gasteiger partial charge in [0, 0.05) is 27.2 Å². The number of nitriles is 1. The van der Waals surface area contributed by atoms with E-state index in [2.05, 4.69) is 22.0 Å². The molecule has 0 fully saturated rings. The van der Waals surface area contributed by atoms with Crippen molar-refractivity contribution in [2.45, 2.75) is 5.92 Å². The molecule has 3 aromatic rings. The lowest BCUT2D eigenvalue weighted by atomic mass is 9.83. The van der Waals surface area contributed by atoms with Crippen molar-refractivity contribution in [1.82, 2.24) is 0 Å². The first-order valence-corrected chi connectivity index (χ1v) is 10.7. The third-order valence-electron chi connectivity index (χ3n) is 4.87. The summed E-state index contributed by atoms with van der Waals surface area (Å²) < 4.78 is 12.0. The second-order valence-corrected chi connectivity index (χ2v) is 8.34. The maximum atomic E-state index is 12.2. The Labute approximate surface area is 198 Å². The Morgan fingerprint density at radius 2 is 1.94 bits per heavy atom. The monoisotopic (exact) mass is 506 g/mol. The van der Waals surface area contributed by atoms with Crippen LogP contribution in [0.3, 0.4) is 0 Å². The minimum absolute atomic E-state index is 0.0242. The minimum atomic E-state index is -0.541. The highest BCUT2D eigenvalue weighted by Crippen LogP contribution is 2.43. The van der Waals surface area contributed by atoms with E-state index < -0.39 is 11.9 Å². The van der Waals surface area contributed by atoms with Crippen molar-refractivity contribution in [2.24, 2.45) is 5.73 Å². The summed E-state index contributed by atoms with van der Waals surface area (Å²) >= 11 is 9.33. The number of carbonyl (C=O) groups is 1. The zero-order valence-corrected chi connectivity index (χ0v) is 18.9. The van der Waals surface area contributed by atoms with Crippen molar-refractivity contribution >= 4 is 39.6 Å². The first-order chi connectivity index (χ1) is 15.4. The minimum Gasteiger partial charge on any atom is -0.440 e. The normalized spacial score (nSPS) is 15.1. The van der Waals surface area contributed by atoms with Gasteiger partial charge in [-0.2, -0.15) is 5.26 Å². The van der Waals surface area contributed by atoms with Gasteiger partial charge in [0.2, 0.25) is 5.88 Å². The Bertz CT molecular complexity index is 1290. The largest absolute Gasteiger partial charge is 0.440 e. The third kappa shape index (κ3) is 4.70. The number of esters is 1. The molecule has 1 unspecified atom stereocenters. The molecule has 0 spiro atoms. The predicted octanol–water partition coefficient (Wildman–Crippen LogP) is 5.94. The van der Waals surface area contributed by atoms with Gasteiger partial charge >= 0.3 is 5.97 Å². The number of benzene rings is 3. The predicted molar refractivity (Wildman–Crippen MR) is 126 cm³/mol. The molecular weight excluding hydrogens is 492 g/mol. The van der Waals surface area contributed by atoms with Crippen LogP contribution in [0.25, 0.3) is 6.08 Å². The molecule has 4 rings (SSSR count). The van der Waals surface area contributed by atoms with Crippen molar-refractivity contribution in [3.8, 4) is 17.6 Å².